The SMILES string of the molecule is O=C(c1ccccc1)N1CCC(Nc2cnc3cc(F)c(F)cc3n2)CC1. The molecule has 0 bridgehead atoms. The number of fused-ring (bicyclic) bond motifs is 1. The molecule has 4 rings (SSSR count). The van der Waals surface area contributed by atoms with Crippen LogP contribution in [0.3, 0.4) is 0 Å². The maximum absolute atomic E-state index is 13.4. The quantitative estimate of drug-likeness (QED) is 0.767. The first kappa shape index (κ1) is 17.3. The summed E-state index contributed by atoms with van der Waals surface area (Å²) in [6, 6.07) is 11.5. The van der Waals surface area contributed by atoms with Crippen molar-refractivity contribution in [3.05, 3.63) is 65.9 Å². The van der Waals surface area contributed by atoms with Gasteiger partial charge >= 0.3 is 0 Å². The van der Waals surface area contributed by atoms with Gasteiger partial charge in [0.15, 0.2) is 11.6 Å². The van der Waals surface area contributed by atoms with Gasteiger partial charge < -0.3 is 10.2 Å². The molecule has 1 fully saturated rings. The number of carbonyl (C=O) groups is 1. The van der Waals surface area contributed by atoms with E-state index in [9.17, 15) is 13.6 Å². The van der Waals surface area contributed by atoms with E-state index in [0.717, 1.165) is 25.0 Å². The van der Waals surface area contributed by atoms with Crippen LogP contribution in [0.2, 0.25) is 0 Å². The van der Waals surface area contributed by atoms with Crippen molar-refractivity contribution in [2.75, 3.05) is 18.4 Å². The third-order valence-electron chi connectivity index (χ3n) is 4.74. The molecule has 0 saturated carbocycles. The Morgan fingerprint density at radius 1 is 1.04 bits per heavy atom. The number of hydrogen-bond acceptors (Lipinski definition) is 4. The first-order valence-electron chi connectivity index (χ1n) is 8.83. The summed E-state index contributed by atoms with van der Waals surface area (Å²) in [7, 11) is 0. The molecular formula is C20H18F2N4O. The van der Waals surface area contributed by atoms with Gasteiger partial charge in [-0.15, -0.1) is 0 Å². The van der Waals surface area contributed by atoms with E-state index < -0.39 is 11.6 Å². The number of amides is 1. The Hall–Kier alpha value is -3.09. The molecule has 2 aromatic carbocycles. The Morgan fingerprint density at radius 2 is 1.70 bits per heavy atom. The zero-order valence-corrected chi connectivity index (χ0v) is 14.5. The molecule has 0 aliphatic carbocycles. The summed E-state index contributed by atoms with van der Waals surface area (Å²) in [4.78, 5) is 22.8. The molecule has 0 unspecified atom stereocenters. The number of rotatable bonds is 3. The highest BCUT2D eigenvalue weighted by molar-refractivity contribution is 5.94. The average Bonchev–Trinajstić information content (AvgIpc) is 2.70. The van der Waals surface area contributed by atoms with Crippen LogP contribution in [-0.4, -0.2) is 39.9 Å². The Balaban J connectivity index is 1.40. The lowest BCUT2D eigenvalue weighted by Gasteiger charge is -2.32. The first-order chi connectivity index (χ1) is 13.1. The van der Waals surface area contributed by atoms with Crippen molar-refractivity contribution in [1.29, 1.82) is 0 Å². The third kappa shape index (κ3) is 3.72. The zero-order valence-electron chi connectivity index (χ0n) is 14.5. The van der Waals surface area contributed by atoms with E-state index in [4.69, 9.17) is 0 Å². The van der Waals surface area contributed by atoms with Crippen LogP contribution in [0.15, 0.2) is 48.7 Å². The van der Waals surface area contributed by atoms with Crippen LogP contribution < -0.4 is 5.32 Å². The predicted octanol–water partition coefficient (Wildman–Crippen LogP) is 3.62. The van der Waals surface area contributed by atoms with Crippen LogP contribution >= 0.6 is 0 Å². The molecule has 138 valence electrons. The molecule has 1 aliphatic heterocycles. The molecule has 1 aliphatic rings. The number of likely N-dealkylation sites (tertiary alicyclic amines) is 1. The third-order valence-corrected chi connectivity index (χ3v) is 4.74. The number of aromatic nitrogens is 2. The van der Waals surface area contributed by atoms with E-state index in [2.05, 4.69) is 15.3 Å². The van der Waals surface area contributed by atoms with Crippen molar-refractivity contribution in [2.24, 2.45) is 0 Å². The van der Waals surface area contributed by atoms with Crippen molar-refractivity contribution in [3.8, 4) is 0 Å². The maximum atomic E-state index is 13.4. The van der Waals surface area contributed by atoms with Crippen molar-refractivity contribution < 1.29 is 13.6 Å². The maximum Gasteiger partial charge on any atom is 0.253 e. The van der Waals surface area contributed by atoms with Gasteiger partial charge in [-0.2, -0.15) is 0 Å². The van der Waals surface area contributed by atoms with Gasteiger partial charge in [0, 0.05) is 36.8 Å². The molecule has 27 heavy (non-hydrogen) atoms. The molecule has 5 nitrogen and oxygen atoms in total. The van der Waals surface area contributed by atoms with E-state index >= 15 is 0 Å². The molecule has 0 atom stereocenters. The number of halogens is 2. The highest BCUT2D eigenvalue weighted by Gasteiger charge is 2.23. The number of anilines is 1. The number of piperidine rings is 1. The van der Waals surface area contributed by atoms with Crippen LogP contribution in [0.4, 0.5) is 14.6 Å². The molecule has 7 heteroatoms. The minimum atomic E-state index is -0.943. The molecule has 0 spiro atoms. The van der Waals surface area contributed by atoms with E-state index in [1.807, 2.05) is 35.2 Å². The van der Waals surface area contributed by atoms with Crippen molar-refractivity contribution in [3.63, 3.8) is 0 Å². The van der Waals surface area contributed by atoms with Gasteiger partial charge in [0.25, 0.3) is 5.91 Å². The Morgan fingerprint density at radius 3 is 2.41 bits per heavy atom. The van der Waals surface area contributed by atoms with Crippen LogP contribution in [0, 0.1) is 11.6 Å². The van der Waals surface area contributed by atoms with E-state index in [1.165, 1.54) is 6.20 Å². The summed E-state index contributed by atoms with van der Waals surface area (Å²) in [5.74, 6) is -1.33. The second kappa shape index (κ2) is 7.26. The second-order valence-corrected chi connectivity index (χ2v) is 6.59. The summed E-state index contributed by atoms with van der Waals surface area (Å²) < 4.78 is 26.7. The minimum Gasteiger partial charge on any atom is -0.366 e. The molecule has 1 saturated heterocycles. The van der Waals surface area contributed by atoms with Gasteiger partial charge in [-0.25, -0.2) is 13.8 Å². The standard InChI is InChI=1S/C20H18F2N4O/c21-15-10-17-18(11-16(15)22)25-19(12-23-17)24-14-6-8-26(9-7-14)20(27)13-4-2-1-3-5-13/h1-5,10-12,14H,6-9H2,(H,24,25). The van der Waals surface area contributed by atoms with Gasteiger partial charge in [-0.3, -0.25) is 9.78 Å². The average molecular weight is 368 g/mol. The van der Waals surface area contributed by atoms with Gasteiger partial charge in [0.2, 0.25) is 0 Å². The highest BCUT2D eigenvalue weighted by Crippen LogP contribution is 2.20. The molecular weight excluding hydrogens is 350 g/mol. The molecule has 0 radical (unpaired) electrons. The van der Waals surface area contributed by atoms with Crippen molar-refractivity contribution >= 4 is 22.8 Å². The van der Waals surface area contributed by atoms with Crippen LogP contribution in [-0.2, 0) is 0 Å². The molecule has 3 aromatic rings. The molecule has 1 N–H and O–H groups in total. The Labute approximate surface area is 155 Å². The summed E-state index contributed by atoms with van der Waals surface area (Å²) in [5.41, 5.74) is 1.30. The lowest BCUT2D eigenvalue weighted by atomic mass is 10.0. The van der Waals surface area contributed by atoms with Crippen LogP contribution in [0.25, 0.3) is 11.0 Å². The largest absolute Gasteiger partial charge is 0.366 e. The number of carbonyl (C=O) groups excluding carboxylic acids is 1. The molecule has 1 amide bonds. The van der Waals surface area contributed by atoms with E-state index in [1.54, 1.807) is 0 Å². The highest BCUT2D eigenvalue weighted by atomic mass is 19.2. The van der Waals surface area contributed by atoms with Crippen molar-refractivity contribution in [1.82, 2.24) is 14.9 Å². The lowest BCUT2D eigenvalue weighted by Crippen LogP contribution is -2.42. The van der Waals surface area contributed by atoms with Crippen LogP contribution in [0.5, 0.6) is 0 Å². The second-order valence-electron chi connectivity index (χ2n) is 6.59. The zero-order chi connectivity index (χ0) is 18.8. The van der Waals surface area contributed by atoms with Gasteiger partial charge in [0.05, 0.1) is 17.2 Å². The van der Waals surface area contributed by atoms with Crippen molar-refractivity contribution in [2.45, 2.75) is 18.9 Å². The molecule has 2 heterocycles. The number of nitrogens with one attached hydrogen (secondary N) is 1. The van der Waals surface area contributed by atoms with Gasteiger partial charge in [-0.1, -0.05) is 18.2 Å². The normalized spacial score (nSPS) is 15.1. The fourth-order valence-electron chi connectivity index (χ4n) is 3.28. The van der Waals surface area contributed by atoms with E-state index in [-0.39, 0.29) is 11.9 Å². The number of hydrogen-bond donors (Lipinski definition) is 1. The Kier molecular flexibility index (Phi) is 4.66. The summed E-state index contributed by atoms with van der Waals surface area (Å²) >= 11 is 0. The minimum absolute atomic E-state index is 0.0389. The fraction of sp³-hybridized carbons (Fsp3) is 0.250. The fourth-order valence-corrected chi connectivity index (χ4v) is 3.28. The Bertz CT molecular complexity index is 972. The molecule has 1 aromatic heterocycles. The van der Waals surface area contributed by atoms with Crippen LogP contribution in [0.1, 0.15) is 23.2 Å². The summed E-state index contributed by atoms with van der Waals surface area (Å²) in [6.45, 7) is 1.29. The monoisotopic (exact) mass is 368 g/mol. The van der Waals surface area contributed by atoms with Gasteiger partial charge in [0.1, 0.15) is 5.82 Å². The van der Waals surface area contributed by atoms with E-state index in [0.29, 0.717) is 35.5 Å². The summed E-state index contributed by atoms with van der Waals surface area (Å²) in [5, 5.41) is 3.28. The van der Waals surface area contributed by atoms with Gasteiger partial charge in [-0.05, 0) is 25.0 Å². The smallest absolute Gasteiger partial charge is 0.253 e. The predicted molar refractivity (Wildman–Crippen MR) is 98.4 cm³/mol. The first-order valence-corrected chi connectivity index (χ1v) is 8.83. The number of benzene rings is 2. The summed E-state index contributed by atoms with van der Waals surface area (Å²) in [6.07, 6.45) is 3.06. The number of nitrogens with zero attached hydrogens (tertiary/aromatic N) is 3. The topological polar surface area (TPSA) is 58.1 Å². The lowest BCUT2D eigenvalue weighted by molar-refractivity contribution is 0.0718.